The molecule has 0 saturated carbocycles. The first-order valence-electron chi connectivity index (χ1n) is 8.00. The number of carbonyl (C=O) groups excluding carboxylic acids is 2. The SMILES string of the molecule is CCC(CC(C)N1CCCC1=O)C(=O)NC(C)(C)CS(=O)(=O)[O-].[CH3+]. The average Bonchev–Trinajstić information content (AvgIpc) is 2.78. The van der Waals surface area contributed by atoms with E-state index in [2.05, 4.69) is 5.32 Å². The Kier molecular flexibility index (Phi) is 8.25. The van der Waals surface area contributed by atoms with E-state index in [1.807, 2.05) is 13.8 Å². The lowest BCUT2D eigenvalue weighted by Gasteiger charge is -2.31. The molecule has 0 radical (unpaired) electrons. The van der Waals surface area contributed by atoms with Crippen molar-refractivity contribution < 1.29 is 22.6 Å². The molecule has 140 valence electrons. The van der Waals surface area contributed by atoms with Gasteiger partial charge >= 0.3 is 0 Å². The fourth-order valence-corrected chi connectivity index (χ4v) is 4.00. The van der Waals surface area contributed by atoms with E-state index in [1.54, 1.807) is 4.90 Å². The fourth-order valence-electron chi connectivity index (χ4n) is 3.05. The van der Waals surface area contributed by atoms with Crippen molar-refractivity contribution >= 4 is 21.9 Å². The highest BCUT2D eigenvalue weighted by molar-refractivity contribution is 7.85. The first kappa shape index (κ1) is 22.7. The van der Waals surface area contributed by atoms with Gasteiger partial charge in [-0.05, 0) is 40.0 Å². The minimum absolute atomic E-state index is 0. The number of rotatable bonds is 8. The van der Waals surface area contributed by atoms with Crippen molar-refractivity contribution in [1.82, 2.24) is 10.2 Å². The lowest BCUT2D eigenvalue weighted by atomic mass is 9.95. The van der Waals surface area contributed by atoms with Crippen LogP contribution in [0.4, 0.5) is 0 Å². The predicted octanol–water partition coefficient (Wildman–Crippen LogP) is 1.30. The van der Waals surface area contributed by atoms with Crippen LogP contribution in [-0.2, 0) is 19.7 Å². The topological polar surface area (TPSA) is 107 Å². The molecule has 8 heteroatoms. The average molecular weight is 362 g/mol. The van der Waals surface area contributed by atoms with Crippen molar-refractivity contribution in [3.63, 3.8) is 0 Å². The van der Waals surface area contributed by atoms with Crippen molar-refractivity contribution in [2.24, 2.45) is 5.92 Å². The Balaban J connectivity index is 0.00000529. The summed E-state index contributed by atoms with van der Waals surface area (Å²) in [6.45, 7) is 7.55. The van der Waals surface area contributed by atoms with Crippen LogP contribution in [0.1, 0.15) is 53.4 Å². The van der Waals surface area contributed by atoms with Gasteiger partial charge in [-0.1, -0.05) is 6.92 Å². The van der Waals surface area contributed by atoms with Crippen LogP contribution in [0.5, 0.6) is 0 Å². The number of hydrogen-bond acceptors (Lipinski definition) is 5. The van der Waals surface area contributed by atoms with Crippen LogP contribution < -0.4 is 5.32 Å². The number of hydrogen-bond donors (Lipinski definition) is 1. The number of nitrogens with one attached hydrogen (secondary N) is 1. The van der Waals surface area contributed by atoms with Gasteiger partial charge in [0.25, 0.3) is 0 Å². The Morgan fingerprint density at radius 3 is 2.42 bits per heavy atom. The van der Waals surface area contributed by atoms with E-state index in [9.17, 15) is 22.6 Å². The van der Waals surface area contributed by atoms with Crippen LogP contribution in [-0.4, -0.2) is 53.6 Å². The summed E-state index contributed by atoms with van der Waals surface area (Å²) in [5, 5.41) is 2.65. The molecule has 1 fully saturated rings. The molecule has 1 aliphatic heterocycles. The second-order valence-corrected chi connectivity index (χ2v) is 8.36. The molecule has 1 heterocycles. The zero-order valence-corrected chi connectivity index (χ0v) is 16.1. The maximum atomic E-state index is 12.4. The summed E-state index contributed by atoms with van der Waals surface area (Å²) in [6, 6.07) is -0.0351. The second-order valence-electron chi connectivity index (χ2n) is 6.96. The van der Waals surface area contributed by atoms with Gasteiger partial charge in [-0.15, -0.1) is 0 Å². The Labute approximate surface area is 145 Å². The number of carbonyl (C=O) groups is 2. The van der Waals surface area contributed by atoms with Gasteiger partial charge in [-0.25, -0.2) is 8.42 Å². The number of likely N-dealkylation sites (tertiary alicyclic amines) is 1. The molecular weight excluding hydrogens is 332 g/mol. The Morgan fingerprint density at radius 2 is 2.00 bits per heavy atom. The van der Waals surface area contributed by atoms with Crippen LogP contribution >= 0.6 is 0 Å². The van der Waals surface area contributed by atoms with Gasteiger partial charge in [0, 0.05) is 37.9 Å². The van der Waals surface area contributed by atoms with Crippen molar-refractivity contribution in [3.8, 4) is 0 Å². The first-order chi connectivity index (χ1) is 10.4. The van der Waals surface area contributed by atoms with Gasteiger partial charge < -0.3 is 14.8 Å². The molecule has 7 nitrogen and oxygen atoms in total. The molecule has 0 aromatic rings. The Morgan fingerprint density at radius 1 is 1.42 bits per heavy atom. The van der Waals surface area contributed by atoms with E-state index in [0.29, 0.717) is 19.3 Å². The highest BCUT2D eigenvalue weighted by Gasteiger charge is 2.31. The largest absolute Gasteiger partial charge is 0.748 e. The molecule has 1 saturated heterocycles. The minimum atomic E-state index is -4.42. The third kappa shape index (κ3) is 7.09. The standard InChI is InChI=1S/C15H28N2O5S.CH3/c1-5-12(9-11(2)17-8-6-7-13(17)18)14(19)16-15(3,4)10-23(20,21)22;/h11-12H,5-10H2,1-4H3,(H,16,19)(H,20,21,22);1H3/q;+1/p-1. The maximum Gasteiger partial charge on any atom is 0.223 e. The molecule has 0 aromatic heterocycles. The third-order valence-corrected chi connectivity index (χ3v) is 5.21. The van der Waals surface area contributed by atoms with E-state index < -0.39 is 21.4 Å². The normalized spacial score (nSPS) is 18.0. The van der Waals surface area contributed by atoms with Crippen molar-refractivity contribution in [1.29, 1.82) is 0 Å². The zero-order valence-electron chi connectivity index (χ0n) is 15.3. The molecule has 1 aliphatic rings. The third-order valence-electron chi connectivity index (χ3n) is 4.13. The zero-order chi connectivity index (χ0) is 17.8. The lowest BCUT2D eigenvalue weighted by molar-refractivity contribution is -0.132. The highest BCUT2D eigenvalue weighted by Crippen LogP contribution is 2.21. The summed E-state index contributed by atoms with van der Waals surface area (Å²) in [6.07, 6.45) is 2.51. The summed E-state index contributed by atoms with van der Waals surface area (Å²) in [5.41, 5.74) is -1.11. The molecule has 2 unspecified atom stereocenters. The van der Waals surface area contributed by atoms with E-state index in [1.165, 1.54) is 13.8 Å². The number of amides is 2. The van der Waals surface area contributed by atoms with Crippen LogP contribution in [0.25, 0.3) is 0 Å². The first-order valence-corrected chi connectivity index (χ1v) is 9.58. The molecule has 0 aromatic carbocycles. The molecule has 1 rings (SSSR count). The smallest absolute Gasteiger partial charge is 0.223 e. The Bertz CT molecular complexity index is 545. The lowest BCUT2D eigenvalue weighted by Crippen LogP contribution is -2.51. The van der Waals surface area contributed by atoms with E-state index >= 15 is 0 Å². The van der Waals surface area contributed by atoms with Gasteiger partial charge in [0.2, 0.25) is 11.8 Å². The molecule has 0 spiro atoms. The van der Waals surface area contributed by atoms with Crippen LogP contribution in [0.3, 0.4) is 0 Å². The van der Waals surface area contributed by atoms with E-state index in [0.717, 1.165) is 13.0 Å². The van der Waals surface area contributed by atoms with Gasteiger partial charge in [-0.2, -0.15) is 0 Å². The van der Waals surface area contributed by atoms with E-state index in [-0.39, 0.29) is 31.2 Å². The molecule has 0 aliphatic carbocycles. The second kappa shape index (κ2) is 8.71. The van der Waals surface area contributed by atoms with Gasteiger partial charge in [-0.3, -0.25) is 9.59 Å². The van der Waals surface area contributed by atoms with Crippen molar-refractivity contribution in [2.75, 3.05) is 12.3 Å². The molecule has 1 N–H and O–H groups in total. The number of nitrogens with zero attached hydrogens (tertiary/aromatic N) is 1. The van der Waals surface area contributed by atoms with Crippen molar-refractivity contribution in [3.05, 3.63) is 7.43 Å². The molecule has 2 amide bonds. The predicted molar refractivity (Wildman–Crippen MR) is 92.0 cm³/mol. The van der Waals surface area contributed by atoms with Crippen molar-refractivity contribution in [2.45, 2.75) is 65.0 Å². The van der Waals surface area contributed by atoms with Crippen LogP contribution in [0.2, 0.25) is 0 Å². The molecule has 2 atom stereocenters. The van der Waals surface area contributed by atoms with Gasteiger partial charge in [0.1, 0.15) is 0 Å². The fraction of sp³-hybridized carbons (Fsp3) is 0.812. The minimum Gasteiger partial charge on any atom is -0.748 e. The summed E-state index contributed by atoms with van der Waals surface area (Å²) in [7, 11) is -4.42. The quantitative estimate of drug-likeness (QED) is 0.517. The van der Waals surface area contributed by atoms with Gasteiger partial charge in [0.05, 0.1) is 15.9 Å². The van der Waals surface area contributed by atoms with Crippen LogP contribution in [0.15, 0.2) is 0 Å². The molecule has 24 heavy (non-hydrogen) atoms. The Hall–Kier alpha value is -1.28. The summed E-state index contributed by atoms with van der Waals surface area (Å²) >= 11 is 0. The van der Waals surface area contributed by atoms with Gasteiger partial charge in [0.15, 0.2) is 0 Å². The highest BCUT2D eigenvalue weighted by atomic mass is 32.2. The molecule has 0 bridgehead atoms. The maximum absolute atomic E-state index is 12.4. The van der Waals surface area contributed by atoms with Crippen LogP contribution in [0, 0.1) is 13.3 Å². The summed E-state index contributed by atoms with van der Waals surface area (Å²) in [5.74, 6) is -1.14. The summed E-state index contributed by atoms with van der Waals surface area (Å²) < 4.78 is 32.7. The monoisotopic (exact) mass is 362 g/mol. The molecular formula is C16H30N2O5S. The summed E-state index contributed by atoms with van der Waals surface area (Å²) in [4.78, 5) is 26.0. The van der Waals surface area contributed by atoms with E-state index in [4.69, 9.17) is 0 Å².